The van der Waals surface area contributed by atoms with Crippen LogP contribution in [0.1, 0.15) is 25.5 Å². The van der Waals surface area contributed by atoms with E-state index in [1.54, 1.807) is 12.4 Å². The third-order valence-corrected chi connectivity index (χ3v) is 3.64. The van der Waals surface area contributed by atoms with Crippen LogP contribution in [0.4, 0.5) is 0 Å². The van der Waals surface area contributed by atoms with Gasteiger partial charge in [-0.1, -0.05) is 32.0 Å². The molecule has 0 bridgehead atoms. The number of benzene rings is 1. The van der Waals surface area contributed by atoms with Crippen LogP contribution in [0.25, 0.3) is 11.0 Å². The Morgan fingerprint density at radius 1 is 1.13 bits per heavy atom. The van der Waals surface area contributed by atoms with Crippen molar-refractivity contribution in [2.24, 2.45) is 5.92 Å². The molecule has 0 radical (unpaired) electrons. The summed E-state index contributed by atoms with van der Waals surface area (Å²) in [5.41, 5.74) is 2.57. The topological polar surface area (TPSA) is 72.7 Å². The molecule has 0 aliphatic rings. The zero-order valence-electron chi connectivity index (χ0n) is 13.2. The first kappa shape index (κ1) is 15.1. The second kappa shape index (κ2) is 6.56. The van der Waals surface area contributed by atoms with Gasteiger partial charge in [-0.05, 0) is 29.7 Å². The molecule has 0 aliphatic carbocycles. The zero-order valence-corrected chi connectivity index (χ0v) is 13.2. The first-order valence-corrected chi connectivity index (χ1v) is 7.62. The lowest BCUT2D eigenvalue weighted by molar-refractivity contribution is -0.123. The number of hydrogen-bond acceptors (Lipinski definition) is 4. The van der Waals surface area contributed by atoms with Crippen molar-refractivity contribution < 1.29 is 4.79 Å². The van der Waals surface area contributed by atoms with E-state index in [0.29, 0.717) is 0 Å². The maximum atomic E-state index is 12.3. The first-order chi connectivity index (χ1) is 11.1. The largest absolute Gasteiger partial charge is 0.347 e. The van der Waals surface area contributed by atoms with Crippen LogP contribution >= 0.6 is 0 Å². The van der Waals surface area contributed by atoms with E-state index < -0.39 is 0 Å². The Labute approximate surface area is 134 Å². The Balaban J connectivity index is 1.72. The van der Waals surface area contributed by atoms with E-state index in [0.717, 1.165) is 16.6 Å². The molecule has 1 unspecified atom stereocenters. The van der Waals surface area contributed by atoms with Crippen LogP contribution in [0.5, 0.6) is 0 Å². The smallest absolute Gasteiger partial charge is 0.244 e. The van der Waals surface area contributed by atoms with Gasteiger partial charge in [0.2, 0.25) is 5.91 Å². The van der Waals surface area contributed by atoms with Crippen molar-refractivity contribution in [2.75, 3.05) is 0 Å². The molecule has 0 aliphatic heterocycles. The highest BCUT2D eigenvalue weighted by Gasteiger charge is 2.19. The van der Waals surface area contributed by atoms with E-state index in [1.165, 1.54) is 4.80 Å². The minimum absolute atomic E-state index is 0.0822. The molecule has 0 fully saturated rings. The molecule has 23 heavy (non-hydrogen) atoms. The summed E-state index contributed by atoms with van der Waals surface area (Å²) in [4.78, 5) is 17.9. The number of carbonyl (C=O) groups is 1. The van der Waals surface area contributed by atoms with Gasteiger partial charge in [0.05, 0.1) is 6.04 Å². The van der Waals surface area contributed by atoms with Gasteiger partial charge in [0.25, 0.3) is 0 Å². The van der Waals surface area contributed by atoms with E-state index in [4.69, 9.17) is 0 Å². The normalized spacial score (nSPS) is 12.5. The standard InChI is InChI=1S/C17H19N5O/c1-12(2)17(13-6-5-9-18-10-13)19-16(23)11-22-20-14-7-3-4-8-15(14)21-22/h3-10,12,17H,11H2,1-2H3,(H,19,23). The number of pyridine rings is 1. The highest BCUT2D eigenvalue weighted by Crippen LogP contribution is 2.20. The van der Waals surface area contributed by atoms with Crippen molar-refractivity contribution in [1.82, 2.24) is 25.3 Å². The Kier molecular flexibility index (Phi) is 4.32. The Morgan fingerprint density at radius 3 is 2.39 bits per heavy atom. The molecule has 1 atom stereocenters. The van der Waals surface area contributed by atoms with Crippen molar-refractivity contribution in [3.63, 3.8) is 0 Å². The van der Waals surface area contributed by atoms with Gasteiger partial charge >= 0.3 is 0 Å². The van der Waals surface area contributed by atoms with Gasteiger partial charge in [-0.25, -0.2) is 0 Å². The molecule has 0 spiro atoms. The van der Waals surface area contributed by atoms with Crippen molar-refractivity contribution in [1.29, 1.82) is 0 Å². The summed E-state index contributed by atoms with van der Waals surface area (Å²) in [7, 11) is 0. The maximum absolute atomic E-state index is 12.3. The van der Waals surface area contributed by atoms with E-state index >= 15 is 0 Å². The summed E-state index contributed by atoms with van der Waals surface area (Å²) in [5.74, 6) is 0.140. The Bertz CT molecular complexity index is 764. The van der Waals surface area contributed by atoms with E-state index in [9.17, 15) is 4.79 Å². The van der Waals surface area contributed by atoms with Crippen LogP contribution in [0, 0.1) is 5.92 Å². The van der Waals surface area contributed by atoms with Gasteiger partial charge in [0.1, 0.15) is 17.6 Å². The molecule has 6 heteroatoms. The van der Waals surface area contributed by atoms with Gasteiger partial charge in [-0.15, -0.1) is 0 Å². The SMILES string of the molecule is CC(C)C(NC(=O)Cn1nc2ccccc2n1)c1cccnc1. The van der Waals surface area contributed by atoms with Gasteiger partial charge < -0.3 is 5.32 Å². The van der Waals surface area contributed by atoms with Crippen molar-refractivity contribution in [3.8, 4) is 0 Å². The van der Waals surface area contributed by atoms with Crippen LogP contribution in [0.3, 0.4) is 0 Å². The summed E-state index contributed by atoms with van der Waals surface area (Å²) in [6.45, 7) is 4.23. The molecule has 2 heterocycles. The third kappa shape index (κ3) is 3.53. The summed E-state index contributed by atoms with van der Waals surface area (Å²) in [5, 5.41) is 11.7. The molecule has 2 aromatic heterocycles. The zero-order chi connectivity index (χ0) is 16.2. The average molecular weight is 309 g/mol. The number of carbonyl (C=O) groups excluding carboxylic acids is 1. The van der Waals surface area contributed by atoms with Crippen LogP contribution < -0.4 is 5.32 Å². The molecular formula is C17H19N5O. The number of nitrogens with zero attached hydrogens (tertiary/aromatic N) is 4. The number of hydrogen-bond donors (Lipinski definition) is 1. The lowest BCUT2D eigenvalue weighted by Gasteiger charge is -2.22. The summed E-state index contributed by atoms with van der Waals surface area (Å²) >= 11 is 0. The molecule has 1 amide bonds. The Morgan fingerprint density at radius 2 is 1.83 bits per heavy atom. The van der Waals surface area contributed by atoms with Gasteiger partial charge in [-0.2, -0.15) is 15.0 Å². The highest BCUT2D eigenvalue weighted by molar-refractivity contribution is 5.77. The molecule has 6 nitrogen and oxygen atoms in total. The maximum Gasteiger partial charge on any atom is 0.244 e. The number of fused-ring (bicyclic) bond motifs is 1. The molecule has 0 saturated heterocycles. The summed E-state index contributed by atoms with van der Waals surface area (Å²) < 4.78 is 0. The fourth-order valence-electron chi connectivity index (χ4n) is 2.52. The highest BCUT2D eigenvalue weighted by atomic mass is 16.2. The van der Waals surface area contributed by atoms with Gasteiger partial charge in [-0.3, -0.25) is 9.78 Å². The minimum Gasteiger partial charge on any atom is -0.347 e. The van der Waals surface area contributed by atoms with Gasteiger partial charge in [0.15, 0.2) is 0 Å². The lowest BCUT2D eigenvalue weighted by Crippen LogP contribution is -2.34. The molecule has 1 aromatic carbocycles. The molecule has 1 N–H and O–H groups in total. The lowest BCUT2D eigenvalue weighted by atomic mass is 9.97. The summed E-state index contributed by atoms with van der Waals surface area (Å²) in [6.07, 6.45) is 3.51. The average Bonchev–Trinajstić information content (AvgIpc) is 2.95. The molecular weight excluding hydrogens is 290 g/mol. The predicted octanol–water partition coefficient (Wildman–Crippen LogP) is 2.34. The minimum atomic E-state index is -0.118. The number of rotatable bonds is 5. The van der Waals surface area contributed by atoms with Gasteiger partial charge in [0, 0.05) is 12.4 Å². The second-order valence-electron chi connectivity index (χ2n) is 5.79. The van der Waals surface area contributed by atoms with E-state index in [2.05, 4.69) is 34.3 Å². The van der Waals surface area contributed by atoms with Crippen molar-refractivity contribution >= 4 is 16.9 Å². The van der Waals surface area contributed by atoms with Crippen LogP contribution in [0.2, 0.25) is 0 Å². The second-order valence-corrected chi connectivity index (χ2v) is 5.79. The van der Waals surface area contributed by atoms with Crippen molar-refractivity contribution in [3.05, 3.63) is 54.4 Å². The quantitative estimate of drug-likeness (QED) is 0.785. The molecule has 0 saturated carbocycles. The van der Waals surface area contributed by atoms with Crippen molar-refractivity contribution in [2.45, 2.75) is 26.4 Å². The first-order valence-electron chi connectivity index (χ1n) is 7.62. The monoisotopic (exact) mass is 309 g/mol. The number of amides is 1. The molecule has 118 valence electrons. The third-order valence-electron chi connectivity index (χ3n) is 3.64. The number of nitrogens with one attached hydrogen (secondary N) is 1. The predicted molar refractivity (Wildman–Crippen MR) is 87.5 cm³/mol. The van der Waals surface area contributed by atoms with Crippen LogP contribution in [-0.2, 0) is 11.3 Å². The molecule has 3 rings (SSSR count). The fraction of sp³-hybridized carbons (Fsp3) is 0.294. The Hall–Kier alpha value is -2.76. The number of aromatic nitrogens is 4. The summed E-state index contributed by atoms with van der Waals surface area (Å²) in [6, 6.07) is 11.3. The van der Waals surface area contributed by atoms with Crippen LogP contribution in [0.15, 0.2) is 48.8 Å². The fourth-order valence-corrected chi connectivity index (χ4v) is 2.52. The van der Waals surface area contributed by atoms with E-state index in [-0.39, 0.29) is 24.4 Å². The molecule has 3 aromatic rings. The van der Waals surface area contributed by atoms with E-state index in [1.807, 2.05) is 36.4 Å². The van der Waals surface area contributed by atoms with Crippen LogP contribution in [-0.4, -0.2) is 25.9 Å².